The minimum atomic E-state index is -0.336. The van der Waals surface area contributed by atoms with Crippen LogP contribution in [0.3, 0.4) is 0 Å². The molecule has 0 atom stereocenters. The van der Waals surface area contributed by atoms with Crippen LogP contribution in [0.2, 0.25) is 10.0 Å². The summed E-state index contributed by atoms with van der Waals surface area (Å²) in [6, 6.07) is 8.81. The van der Waals surface area contributed by atoms with Gasteiger partial charge in [-0.15, -0.1) is 6.58 Å². The van der Waals surface area contributed by atoms with Crippen LogP contribution >= 0.6 is 57.6 Å². The molecule has 0 aliphatic carbocycles. The van der Waals surface area contributed by atoms with Gasteiger partial charge >= 0.3 is 0 Å². The van der Waals surface area contributed by atoms with Crippen molar-refractivity contribution in [3.8, 4) is 11.5 Å². The average Bonchev–Trinajstić information content (AvgIpc) is 2.95. The molecule has 5 nitrogen and oxygen atoms in total. The molecule has 0 radical (unpaired) electrons. The zero-order valence-corrected chi connectivity index (χ0v) is 20.3. The number of halogens is 3. The molecule has 2 amide bonds. The molecule has 2 aromatic carbocycles. The summed E-state index contributed by atoms with van der Waals surface area (Å²) in [6.07, 6.45) is 3.18. The summed E-state index contributed by atoms with van der Waals surface area (Å²) < 4.78 is 12.2. The first-order chi connectivity index (χ1) is 14.3. The fraction of sp³-hybridized carbons (Fsp3) is 0.143. The van der Waals surface area contributed by atoms with E-state index in [1.165, 1.54) is 13.2 Å². The second-order valence-electron chi connectivity index (χ2n) is 6.14. The number of carbonyl (C=O) groups is 2. The quantitative estimate of drug-likeness (QED) is 0.217. The van der Waals surface area contributed by atoms with Gasteiger partial charge in [0.05, 0.1) is 15.6 Å². The predicted octanol–water partition coefficient (Wildman–Crippen LogP) is 6.41. The number of hydrogen-bond donors (Lipinski definition) is 0. The van der Waals surface area contributed by atoms with Crippen molar-refractivity contribution in [1.29, 1.82) is 0 Å². The van der Waals surface area contributed by atoms with Crippen molar-refractivity contribution in [2.75, 3.05) is 13.7 Å². The number of hydrogen-bond acceptors (Lipinski definition) is 5. The lowest BCUT2D eigenvalue weighted by Crippen LogP contribution is -2.27. The first-order valence-electron chi connectivity index (χ1n) is 8.64. The van der Waals surface area contributed by atoms with E-state index in [0.29, 0.717) is 26.4 Å². The van der Waals surface area contributed by atoms with Crippen LogP contribution < -0.4 is 9.47 Å². The summed E-state index contributed by atoms with van der Waals surface area (Å²) in [6.45, 7) is 4.00. The van der Waals surface area contributed by atoms with Crippen LogP contribution in [0, 0.1) is 3.57 Å². The van der Waals surface area contributed by atoms with Gasteiger partial charge in [0.15, 0.2) is 11.5 Å². The SMILES string of the molecule is C=CCN1C(=O)S/C(=C/c2cc(I)c(OCc3ccc(Cl)cc3Cl)c(OC)c2)C1=O. The van der Waals surface area contributed by atoms with Gasteiger partial charge in [-0.2, -0.15) is 0 Å². The fourth-order valence-electron chi connectivity index (χ4n) is 2.69. The monoisotopic (exact) mass is 575 g/mol. The van der Waals surface area contributed by atoms with E-state index in [2.05, 4.69) is 29.2 Å². The first-order valence-corrected chi connectivity index (χ1v) is 11.3. The highest BCUT2D eigenvalue weighted by Gasteiger charge is 2.34. The van der Waals surface area contributed by atoms with E-state index < -0.39 is 0 Å². The fourth-order valence-corrected chi connectivity index (χ4v) is 4.78. The topological polar surface area (TPSA) is 55.8 Å². The van der Waals surface area contributed by atoms with Crippen LogP contribution in [0.15, 0.2) is 47.9 Å². The first kappa shape index (κ1) is 23.0. The molecule has 1 fully saturated rings. The highest BCUT2D eigenvalue weighted by Crippen LogP contribution is 2.38. The van der Waals surface area contributed by atoms with Crippen LogP contribution in [0.25, 0.3) is 6.08 Å². The molecule has 30 heavy (non-hydrogen) atoms. The Kier molecular flexibility index (Phi) is 7.73. The minimum Gasteiger partial charge on any atom is -0.493 e. The molecular weight excluding hydrogens is 560 g/mol. The standard InChI is InChI=1S/C21H16Cl2INO4S/c1-3-6-25-20(26)18(30-21(25)27)9-12-7-16(24)19(17(8-12)28-2)29-11-13-4-5-14(22)10-15(13)23/h3-5,7-10H,1,6,11H2,2H3/b18-9+. The number of methoxy groups -OCH3 is 1. The highest BCUT2D eigenvalue weighted by molar-refractivity contribution is 14.1. The number of carbonyl (C=O) groups excluding carboxylic acids is 2. The molecule has 1 heterocycles. The number of amides is 2. The normalized spacial score (nSPS) is 15.1. The Hall–Kier alpha value is -1.68. The third-order valence-corrected chi connectivity index (χ3v) is 6.42. The molecule has 0 spiro atoms. The largest absolute Gasteiger partial charge is 0.493 e. The van der Waals surface area contributed by atoms with Crippen molar-refractivity contribution in [2.24, 2.45) is 0 Å². The molecule has 3 rings (SSSR count). The maximum atomic E-state index is 12.4. The smallest absolute Gasteiger partial charge is 0.293 e. The molecule has 2 aromatic rings. The van der Waals surface area contributed by atoms with Gasteiger partial charge < -0.3 is 9.47 Å². The number of imide groups is 1. The van der Waals surface area contributed by atoms with E-state index in [-0.39, 0.29) is 24.3 Å². The molecule has 1 aliphatic heterocycles. The lowest BCUT2D eigenvalue weighted by atomic mass is 10.1. The van der Waals surface area contributed by atoms with Crippen molar-refractivity contribution in [2.45, 2.75) is 6.61 Å². The highest BCUT2D eigenvalue weighted by atomic mass is 127. The van der Waals surface area contributed by atoms with Gasteiger partial charge in [-0.1, -0.05) is 35.3 Å². The maximum Gasteiger partial charge on any atom is 0.293 e. The van der Waals surface area contributed by atoms with Crippen LogP contribution in [0.5, 0.6) is 11.5 Å². The molecule has 0 aromatic heterocycles. The summed E-state index contributed by atoms with van der Waals surface area (Å²) in [4.78, 5) is 25.9. The van der Waals surface area contributed by atoms with Crippen molar-refractivity contribution >= 4 is 74.8 Å². The Balaban J connectivity index is 1.84. The molecule has 0 bridgehead atoms. The van der Waals surface area contributed by atoms with Gasteiger partial charge in [0.2, 0.25) is 0 Å². The lowest BCUT2D eigenvalue weighted by molar-refractivity contribution is -0.122. The average molecular weight is 576 g/mol. The molecule has 9 heteroatoms. The van der Waals surface area contributed by atoms with Crippen molar-refractivity contribution in [3.05, 3.63) is 72.6 Å². The Morgan fingerprint density at radius 1 is 1.23 bits per heavy atom. The van der Waals surface area contributed by atoms with E-state index in [1.54, 1.807) is 30.3 Å². The number of thioether (sulfide) groups is 1. The van der Waals surface area contributed by atoms with Gasteiger partial charge in [0.25, 0.3) is 11.1 Å². The molecule has 156 valence electrons. The van der Waals surface area contributed by atoms with Crippen molar-refractivity contribution < 1.29 is 19.1 Å². The predicted molar refractivity (Wildman–Crippen MR) is 129 cm³/mol. The second kappa shape index (κ2) is 10.1. The molecule has 0 unspecified atom stereocenters. The van der Waals surface area contributed by atoms with Gasteiger partial charge in [-0.3, -0.25) is 14.5 Å². The Morgan fingerprint density at radius 2 is 2.00 bits per heavy atom. The minimum absolute atomic E-state index is 0.183. The summed E-state index contributed by atoms with van der Waals surface area (Å²) in [7, 11) is 1.54. The third kappa shape index (κ3) is 5.14. The Labute approximate surface area is 202 Å². The third-order valence-electron chi connectivity index (χ3n) is 4.12. The number of nitrogens with zero attached hydrogens (tertiary/aromatic N) is 1. The van der Waals surface area contributed by atoms with Gasteiger partial charge in [-0.25, -0.2) is 0 Å². The van der Waals surface area contributed by atoms with Crippen LogP contribution in [0.1, 0.15) is 11.1 Å². The summed E-state index contributed by atoms with van der Waals surface area (Å²) in [5, 5.41) is 0.758. The van der Waals surface area contributed by atoms with E-state index in [4.69, 9.17) is 32.7 Å². The van der Waals surface area contributed by atoms with Gasteiger partial charge in [0.1, 0.15) is 6.61 Å². The van der Waals surface area contributed by atoms with Crippen LogP contribution in [-0.4, -0.2) is 29.7 Å². The molecule has 1 saturated heterocycles. The van der Waals surface area contributed by atoms with Crippen LogP contribution in [-0.2, 0) is 11.4 Å². The van der Waals surface area contributed by atoms with Crippen molar-refractivity contribution in [3.63, 3.8) is 0 Å². The second-order valence-corrected chi connectivity index (χ2v) is 9.14. The zero-order valence-electron chi connectivity index (χ0n) is 15.8. The Morgan fingerprint density at radius 3 is 2.67 bits per heavy atom. The zero-order chi connectivity index (χ0) is 21.8. The van der Waals surface area contributed by atoms with Crippen molar-refractivity contribution in [1.82, 2.24) is 4.90 Å². The molecule has 1 aliphatic rings. The summed E-state index contributed by atoms with van der Waals surface area (Å²) in [5.41, 5.74) is 1.51. The number of rotatable bonds is 7. The van der Waals surface area contributed by atoms with E-state index >= 15 is 0 Å². The van der Waals surface area contributed by atoms with Crippen LogP contribution in [0.4, 0.5) is 4.79 Å². The molecule has 0 saturated carbocycles. The molecular formula is C21H16Cl2INO4S. The van der Waals surface area contributed by atoms with Gasteiger partial charge in [0, 0.05) is 22.2 Å². The summed E-state index contributed by atoms with van der Waals surface area (Å²) in [5.74, 6) is 0.723. The Bertz CT molecular complexity index is 1060. The number of benzene rings is 2. The lowest BCUT2D eigenvalue weighted by Gasteiger charge is -2.14. The van der Waals surface area contributed by atoms with Gasteiger partial charge in [-0.05, 0) is 70.3 Å². The van der Waals surface area contributed by atoms with E-state index in [9.17, 15) is 9.59 Å². The maximum absolute atomic E-state index is 12.4. The van der Waals surface area contributed by atoms with E-state index in [0.717, 1.165) is 31.4 Å². The van der Waals surface area contributed by atoms with E-state index in [1.807, 2.05) is 6.07 Å². The number of ether oxygens (including phenoxy) is 2. The molecule has 0 N–H and O–H groups in total. The summed E-state index contributed by atoms with van der Waals surface area (Å²) >= 11 is 15.2.